The molecule has 0 fully saturated rings. The Labute approximate surface area is 196 Å². The van der Waals surface area contributed by atoms with E-state index >= 15 is 0 Å². The van der Waals surface area contributed by atoms with Crippen LogP contribution in [0.2, 0.25) is 0 Å². The van der Waals surface area contributed by atoms with Gasteiger partial charge in [0.1, 0.15) is 12.3 Å². The van der Waals surface area contributed by atoms with E-state index in [2.05, 4.69) is 53.2 Å². The lowest BCUT2D eigenvalue weighted by Gasteiger charge is -2.32. The second-order valence-electron chi connectivity index (χ2n) is 9.04. The first-order chi connectivity index (χ1) is 15.6. The molecule has 2 amide bonds. The van der Waals surface area contributed by atoms with Gasteiger partial charge in [0.25, 0.3) is 5.91 Å². The van der Waals surface area contributed by atoms with Crippen molar-refractivity contribution < 1.29 is 19.2 Å². The molecule has 1 heterocycles. The number of aromatic nitrogens is 1. The van der Waals surface area contributed by atoms with Crippen LogP contribution in [0.15, 0.2) is 75.6 Å². The highest BCUT2D eigenvalue weighted by molar-refractivity contribution is 5.98. The lowest BCUT2D eigenvalue weighted by Crippen LogP contribution is -2.45. The van der Waals surface area contributed by atoms with Gasteiger partial charge in [0, 0.05) is 12.1 Å². The van der Waals surface area contributed by atoms with Crippen molar-refractivity contribution in [3.8, 4) is 0 Å². The summed E-state index contributed by atoms with van der Waals surface area (Å²) in [6.45, 7) is 10.1. The van der Waals surface area contributed by atoms with Crippen molar-refractivity contribution in [1.29, 1.82) is 0 Å². The molecular weight excluding hydrogens is 418 g/mol. The molecule has 3 N–H and O–H groups in total. The lowest BCUT2D eigenvalue weighted by atomic mass is 9.72. The monoisotopic (exact) mass is 453 g/mol. The maximum absolute atomic E-state index is 12.2. The van der Waals surface area contributed by atoms with Crippen LogP contribution in [0.4, 0.5) is 5.82 Å². The Bertz CT molecular complexity index is 979. The predicted molar refractivity (Wildman–Crippen MR) is 130 cm³/mol. The number of carbonyl (C=O) groups excluding carboxylic acids is 2. The fraction of sp³-hybridized carbons (Fsp3) is 0.423. The average Bonchev–Trinajstić information content (AvgIpc) is 3.24. The van der Waals surface area contributed by atoms with Gasteiger partial charge in [0.15, 0.2) is 5.82 Å². The zero-order valence-corrected chi connectivity index (χ0v) is 20.1. The highest BCUT2D eigenvalue weighted by Crippen LogP contribution is 2.40. The quantitative estimate of drug-likeness (QED) is 0.374. The van der Waals surface area contributed by atoms with Gasteiger partial charge in [-0.3, -0.25) is 9.59 Å². The number of anilines is 1. The maximum Gasteiger partial charge on any atom is 0.250 e. The van der Waals surface area contributed by atoms with Gasteiger partial charge in [-0.25, -0.2) is 0 Å². The van der Waals surface area contributed by atoms with Crippen LogP contribution in [-0.4, -0.2) is 34.7 Å². The van der Waals surface area contributed by atoms with Crippen molar-refractivity contribution in [3.63, 3.8) is 0 Å². The molecule has 0 spiro atoms. The Morgan fingerprint density at radius 1 is 1.27 bits per heavy atom. The van der Waals surface area contributed by atoms with E-state index in [1.165, 1.54) is 42.4 Å². The third-order valence-corrected chi connectivity index (χ3v) is 5.64. The lowest BCUT2D eigenvalue weighted by molar-refractivity contribution is -0.124. The van der Waals surface area contributed by atoms with Crippen molar-refractivity contribution in [2.45, 2.75) is 59.9 Å². The second kappa shape index (κ2) is 12.2. The molecule has 178 valence electrons. The number of allylic oxidation sites excluding steroid dienone is 9. The molecule has 1 aliphatic carbocycles. The van der Waals surface area contributed by atoms with Gasteiger partial charge in [-0.2, -0.15) is 0 Å². The zero-order chi connectivity index (χ0) is 24.4. The third-order valence-electron chi connectivity index (χ3n) is 5.64. The Morgan fingerprint density at radius 3 is 2.67 bits per heavy atom. The van der Waals surface area contributed by atoms with Crippen LogP contribution in [-0.2, 0) is 9.59 Å². The standard InChI is InChI=1S/C26H35N3O4/c1-18(11-12-21-20(3)10-7-14-26(21,4)5)8-6-9-19(2)16-24(31)27-22(17-30)25(32)28-23-13-15-33-29-23/h6,8-9,11-13,15-16,22,30H,7,10,14,17H2,1-5H3,(H,27,31)(H,28,29,32)/t22-/m0/s1. The molecule has 0 saturated heterocycles. The fourth-order valence-corrected chi connectivity index (χ4v) is 3.79. The van der Waals surface area contributed by atoms with E-state index in [-0.39, 0.29) is 11.2 Å². The summed E-state index contributed by atoms with van der Waals surface area (Å²) in [5.41, 5.74) is 4.91. The average molecular weight is 454 g/mol. The Kier molecular flexibility index (Phi) is 9.60. The Morgan fingerprint density at radius 2 is 2.03 bits per heavy atom. The van der Waals surface area contributed by atoms with Crippen molar-refractivity contribution in [2.75, 3.05) is 11.9 Å². The minimum atomic E-state index is -1.10. The molecule has 0 unspecified atom stereocenters. The summed E-state index contributed by atoms with van der Waals surface area (Å²) < 4.78 is 4.63. The summed E-state index contributed by atoms with van der Waals surface area (Å²) >= 11 is 0. The number of aliphatic hydroxyl groups is 1. The van der Waals surface area contributed by atoms with E-state index < -0.39 is 24.5 Å². The van der Waals surface area contributed by atoms with Crippen molar-refractivity contribution in [2.24, 2.45) is 5.41 Å². The van der Waals surface area contributed by atoms with Crippen molar-refractivity contribution in [3.05, 3.63) is 71.1 Å². The van der Waals surface area contributed by atoms with Crippen molar-refractivity contribution in [1.82, 2.24) is 10.5 Å². The summed E-state index contributed by atoms with van der Waals surface area (Å²) in [6, 6.07) is 0.360. The molecule has 0 radical (unpaired) electrons. The molecule has 0 aliphatic heterocycles. The smallest absolute Gasteiger partial charge is 0.250 e. The predicted octanol–water partition coefficient (Wildman–Crippen LogP) is 4.62. The van der Waals surface area contributed by atoms with Crippen LogP contribution >= 0.6 is 0 Å². The number of nitrogens with zero attached hydrogens (tertiary/aromatic N) is 1. The van der Waals surface area contributed by atoms with Crippen LogP contribution in [0.1, 0.15) is 53.9 Å². The topological polar surface area (TPSA) is 104 Å². The van der Waals surface area contributed by atoms with Gasteiger partial charge in [-0.05, 0) is 56.6 Å². The molecule has 1 aliphatic rings. The molecule has 0 aromatic carbocycles. The van der Waals surface area contributed by atoms with E-state index in [0.29, 0.717) is 5.57 Å². The van der Waals surface area contributed by atoms with Gasteiger partial charge >= 0.3 is 0 Å². The Hall–Kier alpha value is -3.19. The van der Waals surface area contributed by atoms with Crippen LogP contribution in [0.5, 0.6) is 0 Å². The van der Waals surface area contributed by atoms with Gasteiger partial charge < -0.3 is 20.3 Å². The summed E-state index contributed by atoms with van der Waals surface area (Å²) in [5, 5.41) is 17.9. The molecule has 0 bridgehead atoms. The highest BCUT2D eigenvalue weighted by Gasteiger charge is 2.26. The first kappa shape index (κ1) is 26.1. The largest absolute Gasteiger partial charge is 0.394 e. The molecule has 7 heteroatoms. The number of aliphatic hydroxyl groups excluding tert-OH is 1. The van der Waals surface area contributed by atoms with Crippen LogP contribution < -0.4 is 10.6 Å². The number of hydrogen-bond donors (Lipinski definition) is 3. The molecule has 33 heavy (non-hydrogen) atoms. The van der Waals surface area contributed by atoms with Gasteiger partial charge in [-0.1, -0.05) is 60.5 Å². The first-order valence-corrected chi connectivity index (χ1v) is 11.2. The van der Waals surface area contributed by atoms with Gasteiger partial charge in [0.2, 0.25) is 5.91 Å². The van der Waals surface area contributed by atoms with E-state index in [1.54, 1.807) is 6.92 Å². The first-order valence-electron chi connectivity index (χ1n) is 11.2. The molecule has 2 rings (SSSR count). The number of rotatable bonds is 9. The number of carbonyl (C=O) groups is 2. The Balaban J connectivity index is 1.93. The van der Waals surface area contributed by atoms with Crippen LogP contribution in [0, 0.1) is 5.41 Å². The van der Waals surface area contributed by atoms with E-state index in [9.17, 15) is 14.7 Å². The minimum absolute atomic E-state index is 0.206. The molecule has 1 aromatic heterocycles. The summed E-state index contributed by atoms with van der Waals surface area (Å²) in [7, 11) is 0. The second-order valence-corrected chi connectivity index (χ2v) is 9.04. The molecule has 0 saturated carbocycles. The van der Waals surface area contributed by atoms with E-state index in [4.69, 9.17) is 0 Å². The summed E-state index contributed by atoms with van der Waals surface area (Å²) in [4.78, 5) is 24.3. The van der Waals surface area contributed by atoms with Crippen LogP contribution in [0.3, 0.4) is 0 Å². The summed E-state index contributed by atoms with van der Waals surface area (Å²) in [6.07, 6.45) is 16.3. The van der Waals surface area contributed by atoms with Gasteiger partial charge in [-0.15, -0.1) is 0 Å². The SMILES string of the molecule is CC(C=CC1=C(C)CCCC1(C)C)=CC=CC(C)=CC(=O)N[C@@H](CO)C(=O)Nc1ccon1. The minimum Gasteiger partial charge on any atom is -0.394 e. The molecule has 7 nitrogen and oxygen atoms in total. The van der Waals surface area contributed by atoms with E-state index in [0.717, 1.165) is 12.0 Å². The number of nitrogens with one attached hydrogen (secondary N) is 2. The maximum atomic E-state index is 12.2. The zero-order valence-electron chi connectivity index (χ0n) is 20.1. The van der Waals surface area contributed by atoms with Crippen LogP contribution in [0.25, 0.3) is 0 Å². The van der Waals surface area contributed by atoms with E-state index in [1.807, 2.05) is 25.2 Å². The number of hydrogen-bond acceptors (Lipinski definition) is 5. The highest BCUT2D eigenvalue weighted by atomic mass is 16.5. The molecular formula is C26H35N3O4. The molecule has 1 aromatic rings. The normalized spacial score (nSPS) is 18.1. The van der Waals surface area contributed by atoms with Crippen molar-refractivity contribution >= 4 is 17.6 Å². The molecule has 1 atom stereocenters. The fourth-order valence-electron chi connectivity index (χ4n) is 3.79. The summed E-state index contributed by atoms with van der Waals surface area (Å²) in [5.74, 6) is -0.857. The van der Waals surface area contributed by atoms with Gasteiger partial charge in [0.05, 0.1) is 6.61 Å². The number of amides is 2. The third kappa shape index (κ3) is 8.35.